The lowest BCUT2D eigenvalue weighted by molar-refractivity contribution is 0.102. The van der Waals surface area contributed by atoms with Crippen molar-refractivity contribution in [3.05, 3.63) is 46.0 Å². The molecule has 0 saturated heterocycles. The summed E-state index contributed by atoms with van der Waals surface area (Å²) in [6.07, 6.45) is 4.60. The first-order valence-corrected chi connectivity index (χ1v) is 7.41. The van der Waals surface area contributed by atoms with E-state index in [0.717, 1.165) is 29.1 Å². The lowest BCUT2D eigenvalue weighted by Crippen LogP contribution is -2.13. The molecular weight excluding hydrogens is 292 g/mol. The Hall–Kier alpha value is -1.39. The Morgan fingerprint density at radius 3 is 2.75 bits per heavy atom. The molecule has 1 aliphatic carbocycles. The smallest absolute Gasteiger partial charge is 0.257 e. The van der Waals surface area contributed by atoms with E-state index < -0.39 is 0 Å². The van der Waals surface area contributed by atoms with Crippen LogP contribution in [0.1, 0.15) is 39.3 Å². The molecule has 0 bridgehead atoms. The highest BCUT2D eigenvalue weighted by atomic mass is 35.5. The summed E-state index contributed by atoms with van der Waals surface area (Å²) in [5, 5.41) is 3.66. The van der Waals surface area contributed by atoms with Crippen molar-refractivity contribution in [2.75, 3.05) is 5.32 Å². The Bertz CT molecular complexity index is 601. The van der Waals surface area contributed by atoms with Crippen molar-refractivity contribution in [3.8, 4) is 0 Å². The third-order valence-corrected chi connectivity index (χ3v) is 4.53. The summed E-state index contributed by atoms with van der Waals surface area (Å²) in [6, 6.07) is 7.61. The zero-order valence-electron chi connectivity index (χ0n) is 11.3. The molecule has 106 valence electrons. The van der Waals surface area contributed by atoms with E-state index in [-0.39, 0.29) is 18.3 Å². The van der Waals surface area contributed by atoms with E-state index in [9.17, 15) is 4.79 Å². The lowest BCUT2D eigenvalue weighted by Gasteiger charge is -2.06. The number of thiazole rings is 1. The van der Waals surface area contributed by atoms with Gasteiger partial charge in [-0.1, -0.05) is 18.2 Å². The van der Waals surface area contributed by atoms with E-state index in [1.54, 1.807) is 11.3 Å². The Labute approximate surface area is 128 Å². The number of aromatic nitrogens is 1. The van der Waals surface area contributed by atoms with Gasteiger partial charge in [0.1, 0.15) is 0 Å². The van der Waals surface area contributed by atoms with E-state index in [1.807, 2.05) is 31.2 Å². The van der Waals surface area contributed by atoms with E-state index in [4.69, 9.17) is 0 Å². The Kier molecular flexibility index (Phi) is 4.78. The van der Waals surface area contributed by atoms with Crippen molar-refractivity contribution < 1.29 is 4.79 Å². The number of hydrogen-bond donors (Lipinski definition) is 1. The summed E-state index contributed by atoms with van der Waals surface area (Å²) in [5.74, 6) is -0.0656. The average Bonchev–Trinajstić information content (AvgIpc) is 2.81. The molecule has 0 saturated carbocycles. The molecule has 5 heteroatoms. The number of carbonyl (C=O) groups excluding carboxylic acids is 1. The van der Waals surface area contributed by atoms with E-state index in [2.05, 4.69) is 10.3 Å². The van der Waals surface area contributed by atoms with Crippen molar-refractivity contribution >= 4 is 34.8 Å². The molecule has 0 radical (unpaired) electrons. The number of hydrogen-bond acceptors (Lipinski definition) is 3. The SMILES string of the molecule is Cc1ccccc1C(=O)Nc1nc2c(s1)CCCC2.Cl. The molecule has 20 heavy (non-hydrogen) atoms. The number of fused-ring (bicyclic) bond motifs is 1. The van der Waals surface area contributed by atoms with Crippen molar-refractivity contribution in [1.29, 1.82) is 0 Å². The zero-order chi connectivity index (χ0) is 13.2. The van der Waals surface area contributed by atoms with Crippen LogP contribution in [-0.4, -0.2) is 10.9 Å². The highest BCUT2D eigenvalue weighted by molar-refractivity contribution is 7.15. The predicted octanol–water partition coefficient (Wildman–Crippen LogP) is 4.00. The first-order valence-electron chi connectivity index (χ1n) is 6.59. The molecule has 0 atom stereocenters. The average molecular weight is 309 g/mol. The number of nitrogens with one attached hydrogen (secondary N) is 1. The molecule has 1 aliphatic rings. The Morgan fingerprint density at radius 1 is 1.25 bits per heavy atom. The number of carbonyl (C=O) groups is 1. The molecule has 0 spiro atoms. The van der Waals surface area contributed by atoms with E-state index in [0.29, 0.717) is 0 Å². The summed E-state index contributed by atoms with van der Waals surface area (Å²) < 4.78 is 0. The third kappa shape index (κ3) is 3.02. The van der Waals surface area contributed by atoms with E-state index in [1.165, 1.54) is 23.4 Å². The predicted molar refractivity (Wildman–Crippen MR) is 85.1 cm³/mol. The van der Waals surface area contributed by atoms with Crippen LogP contribution in [0.3, 0.4) is 0 Å². The molecule has 1 aromatic carbocycles. The fraction of sp³-hybridized carbons (Fsp3) is 0.333. The first kappa shape index (κ1) is 15.0. The summed E-state index contributed by atoms with van der Waals surface area (Å²) in [5.41, 5.74) is 2.88. The topological polar surface area (TPSA) is 42.0 Å². The fourth-order valence-corrected chi connectivity index (χ4v) is 3.44. The minimum Gasteiger partial charge on any atom is -0.298 e. The second kappa shape index (κ2) is 6.37. The number of rotatable bonds is 2. The zero-order valence-corrected chi connectivity index (χ0v) is 12.9. The van der Waals surface area contributed by atoms with Gasteiger partial charge in [0.25, 0.3) is 5.91 Å². The standard InChI is InChI=1S/C15H16N2OS.ClH/c1-10-6-2-3-7-11(10)14(18)17-15-16-12-8-4-5-9-13(12)19-15;/h2-3,6-7H,4-5,8-9H2,1H3,(H,16,17,18);1H. The van der Waals surface area contributed by atoms with Gasteiger partial charge in [0.2, 0.25) is 0 Å². The van der Waals surface area contributed by atoms with Gasteiger partial charge in [0.05, 0.1) is 5.69 Å². The highest BCUT2D eigenvalue weighted by Gasteiger charge is 2.17. The van der Waals surface area contributed by atoms with Crippen molar-refractivity contribution in [2.45, 2.75) is 32.6 Å². The van der Waals surface area contributed by atoms with Gasteiger partial charge < -0.3 is 0 Å². The Morgan fingerprint density at radius 2 is 2.00 bits per heavy atom. The van der Waals surface area contributed by atoms with Crippen molar-refractivity contribution in [1.82, 2.24) is 4.98 Å². The van der Waals surface area contributed by atoms with Gasteiger partial charge in [0.15, 0.2) is 5.13 Å². The number of benzene rings is 1. The van der Waals surface area contributed by atoms with Gasteiger partial charge in [-0.25, -0.2) is 4.98 Å². The molecule has 2 aromatic rings. The molecule has 0 unspecified atom stereocenters. The van der Waals surface area contributed by atoms with Crippen LogP contribution in [0.4, 0.5) is 5.13 Å². The molecule has 1 N–H and O–H groups in total. The largest absolute Gasteiger partial charge is 0.298 e. The van der Waals surface area contributed by atoms with Crippen LogP contribution < -0.4 is 5.32 Å². The van der Waals surface area contributed by atoms with E-state index >= 15 is 0 Å². The van der Waals surface area contributed by atoms with Crippen molar-refractivity contribution in [2.24, 2.45) is 0 Å². The minimum atomic E-state index is -0.0656. The monoisotopic (exact) mass is 308 g/mol. The number of aryl methyl sites for hydroxylation is 3. The maximum Gasteiger partial charge on any atom is 0.257 e. The van der Waals surface area contributed by atoms with Crippen LogP contribution >= 0.6 is 23.7 Å². The normalized spacial score (nSPS) is 13.2. The number of amides is 1. The maximum absolute atomic E-state index is 12.2. The molecule has 3 rings (SSSR count). The van der Waals surface area contributed by atoms with Crippen LogP contribution in [0.5, 0.6) is 0 Å². The van der Waals surface area contributed by atoms with Crippen LogP contribution in [0.2, 0.25) is 0 Å². The first-order chi connectivity index (χ1) is 9.24. The van der Waals surface area contributed by atoms with Gasteiger partial charge >= 0.3 is 0 Å². The van der Waals surface area contributed by atoms with Gasteiger partial charge in [-0.05, 0) is 44.2 Å². The molecule has 0 aliphatic heterocycles. The highest BCUT2D eigenvalue weighted by Crippen LogP contribution is 2.29. The summed E-state index contributed by atoms with van der Waals surface area (Å²) >= 11 is 1.62. The van der Waals surface area contributed by atoms with Gasteiger partial charge in [-0.2, -0.15) is 0 Å². The second-order valence-corrected chi connectivity index (χ2v) is 5.95. The number of anilines is 1. The summed E-state index contributed by atoms with van der Waals surface area (Å²) in [7, 11) is 0. The molecule has 1 heterocycles. The van der Waals surface area contributed by atoms with Gasteiger partial charge in [0, 0.05) is 10.4 Å². The summed E-state index contributed by atoms with van der Waals surface area (Å²) in [6.45, 7) is 1.95. The van der Waals surface area contributed by atoms with Crippen LogP contribution in [0.25, 0.3) is 0 Å². The molecule has 0 fully saturated rings. The maximum atomic E-state index is 12.2. The third-order valence-electron chi connectivity index (χ3n) is 3.46. The molecular formula is C15H17ClN2OS. The molecule has 1 amide bonds. The summed E-state index contributed by atoms with van der Waals surface area (Å²) in [4.78, 5) is 18.1. The Balaban J connectivity index is 0.00000147. The van der Waals surface area contributed by atoms with Crippen molar-refractivity contribution in [3.63, 3.8) is 0 Å². The van der Waals surface area contributed by atoms with Crippen LogP contribution in [0, 0.1) is 6.92 Å². The molecule has 3 nitrogen and oxygen atoms in total. The van der Waals surface area contributed by atoms with Crippen LogP contribution in [-0.2, 0) is 12.8 Å². The number of nitrogens with zero attached hydrogens (tertiary/aromatic N) is 1. The minimum absolute atomic E-state index is 0. The quantitative estimate of drug-likeness (QED) is 0.911. The molecule has 1 aromatic heterocycles. The fourth-order valence-electron chi connectivity index (χ4n) is 2.40. The number of halogens is 1. The second-order valence-electron chi connectivity index (χ2n) is 4.87. The van der Waals surface area contributed by atoms with Crippen LogP contribution in [0.15, 0.2) is 24.3 Å². The lowest BCUT2D eigenvalue weighted by atomic mass is 10.0. The van der Waals surface area contributed by atoms with Gasteiger partial charge in [-0.15, -0.1) is 23.7 Å². The van der Waals surface area contributed by atoms with Gasteiger partial charge in [-0.3, -0.25) is 10.1 Å².